The van der Waals surface area contributed by atoms with Gasteiger partial charge in [-0.3, -0.25) is 0 Å². The van der Waals surface area contributed by atoms with Gasteiger partial charge in [0.15, 0.2) is 0 Å². The standard InChI is InChI=1S/C16H21NS/c1-5-17-16(14-9-7-6-8-11(14)2)15-10-12(3)13(4)18-15/h6-10,16-17H,5H2,1-4H3. The summed E-state index contributed by atoms with van der Waals surface area (Å²) in [6, 6.07) is 11.3. The molecule has 0 spiro atoms. The second-order valence-corrected chi connectivity index (χ2v) is 6.02. The van der Waals surface area contributed by atoms with Crippen molar-refractivity contribution in [1.82, 2.24) is 5.32 Å². The Bertz CT molecular complexity index is 508. The second kappa shape index (κ2) is 5.68. The van der Waals surface area contributed by atoms with Gasteiger partial charge in [-0.25, -0.2) is 0 Å². The van der Waals surface area contributed by atoms with Crippen LogP contribution >= 0.6 is 11.3 Å². The molecular weight excluding hydrogens is 238 g/mol. The van der Waals surface area contributed by atoms with Crippen LogP contribution in [0, 0.1) is 20.8 Å². The highest BCUT2D eigenvalue weighted by Gasteiger charge is 2.17. The van der Waals surface area contributed by atoms with Crippen molar-refractivity contribution in [3.8, 4) is 0 Å². The van der Waals surface area contributed by atoms with Crippen LogP contribution in [0.15, 0.2) is 30.3 Å². The zero-order chi connectivity index (χ0) is 13.1. The van der Waals surface area contributed by atoms with Gasteiger partial charge in [0.05, 0.1) is 6.04 Å². The topological polar surface area (TPSA) is 12.0 Å². The highest BCUT2D eigenvalue weighted by atomic mass is 32.1. The van der Waals surface area contributed by atoms with E-state index < -0.39 is 0 Å². The third kappa shape index (κ3) is 2.65. The molecule has 2 rings (SSSR count). The van der Waals surface area contributed by atoms with E-state index in [4.69, 9.17) is 0 Å². The highest BCUT2D eigenvalue weighted by molar-refractivity contribution is 7.12. The SMILES string of the molecule is CCNC(c1cc(C)c(C)s1)c1ccccc1C. The molecule has 1 unspecified atom stereocenters. The number of aryl methyl sites for hydroxylation is 3. The van der Waals surface area contributed by atoms with Gasteiger partial charge < -0.3 is 5.32 Å². The monoisotopic (exact) mass is 259 g/mol. The van der Waals surface area contributed by atoms with E-state index in [-0.39, 0.29) is 0 Å². The molecule has 0 radical (unpaired) electrons. The molecule has 0 aliphatic carbocycles. The average Bonchev–Trinajstić information content (AvgIpc) is 2.68. The first-order valence-electron chi connectivity index (χ1n) is 6.49. The molecule has 96 valence electrons. The van der Waals surface area contributed by atoms with E-state index in [1.54, 1.807) is 0 Å². The molecule has 0 aliphatic heterocycles. The Morgan fingerprint density at radius 1 is 1.11 bits per heavy atom. The predicted molar refractivity (Wildman–Crippen MR) is 80.5 cm³/mol. The predicted octanol–water partition coefficient (Wildman–Crippen LogP) is 4.37. The smallest absolute Gasteiger partial charge is 0.0673 e. The maximum atomic E-state index is 3.61. The molecule has 1 heterocycles. The van der Waals surface area contributed by atoms with Crippen molar-refractivity contribution in [1.29, 1.82) is 0 Å². The summed E-state index contributed by atoms with van der Waals surface area (Å²) in [6.07, 6.45) is 0. The van der Waals surface area contributed by atoms with Gasteiger partial charge in [0, 0.05) is 9.75 Å². The minimum absolute atomic E-state index is 0.327. The number of hydrogen-bond donors (Lipinski definition) is 1. The molecule has 1 aromatic heterocycles. The Labute approximate surface area is 114 Å². The molecule has 0 saturated carbocycles. The number of nitrogens with one attached hydrogen (secondary N) is 1. The fourth-order valence-electron chi connectivity index (χ4n) is 2.22. The first kappa shape index (κ1) is 13.3. The lowest BCUT2D eigenvalue weighted by Gasteiger charge is -2.19. The van der Waals surface area contributed by atoms with Gasteiger partial charge in [-0.1, -0.05) is 31.2 Å². The molecule has 0 fully saturated rings. The summed E-state index contributed by atoms with van der Waals surface area (Å²) in [6.45, 7) is 9.72. The Hall–Kier alpha value is -1.12. The summed E-state index contributed by atoms with van der Waals surface area (Å²) in [5, 5.41) is 3.61. The van der Waals surface area contributed by atoms with Gasteiger partial charge in [0.25, 0.3) is 0 Å². The Kier molecular flexibility index (Phi) is 4.20. The minimum atomic E-state index is 0.327. The Balaban J connectivity index is 2.43. The molecule has 1 nitrogen and oxygen atoms in total. The van der Waals surface area contributed by atoms with Crippen molar-refractivity contribution in [2.24, 2.45) is 0 Å². The summed E-state index contributed by atoms with van der Waals surface area (Å²) in [4.78, 5) is 2.84. The first-order valence-corrected chi connectivity index (χ1v) is 7.31. The van der Waals surface area contributed by atoms with E-state index in [1.165, 1.54) is 26.4 Å². The van der Waals surface area contributed by atoms with Crippen LogP contribution in [-0.4, -0.2) is 6.54 Å². The number of hydrogen-bond acceptors (Lipinski definition) is 2. The van der Waals surface area contributed by atoms with Gasteiger partial charge >= 0.3 is 0 Å². The van der Waals surface area contributed by atoms with Crippen molar-refractivity contribution in [3.63, 3.8) is 0 Å². The lowest BCUT2D eigenvalue weighted by atomic mass is 9.99. The largest absolute Gasteiger partial charge is 0.306 e. The normalized spacial score (nSPS) is 12.7. The zero-order valence-corrected chi connectivity index (χ0v) is 12.4. The van der Waals surface area contributed by atoms with Crippen molar-refractivity contribution in [3.05, 3.63) is 56.8 Å². The fourth-order valence-corrected chi connectivity index (χ4v) is 3.36. The molecule has 0 bridgehead atoms. The van der Waals surface area contributed by atoms with Crippen molar-refractivity contribution < 1.29 is 0 Å². The molecular formula is C16H21NS. The lowest BCUT2D eigenvalue weighted by molar-refractivity contribution is 0.636. The quantitative estimate of drug-likeness (QED) is 0.859. The minimum Gasteiger partial charge on any atom is -0.306 e. The van der Waals surface area contributed by atoms with Crippen LogP contribution in [0.2, 0.25) is 0 Å². The fraction of sp³-hybridized carbons (Fsp3) is 0.375. The summed E-state index contributed by atoms with van der Waals surface area (Å²) >= 11 is 1.90. The summed E-state index contributed by atoms with van der Waals surface area (Å²) in [7, 11) is 0. The van der Waals surface area contributed by atoms with E-state index in [1.807, 2.05) is 11.3 Å². The summed E-state index contributed by atoms with van der Waals surface area (Å²) < 4.78 is 0. The van der Waals surface area contributed by atoms with Gasteiger partial charge in [0.2, 0.25) is 0 Å². The molecule has 2 aromatic rings. The van der Waals surface area contributed by atoms with Gasteiger partial charge in [-0.2, -0.15) is 0 Å². The molecule has 0 aliphatic rings. The third-order valence-electron chi connectivity index (χ3n) is 3.38. The second-order valence-electron chi connectivity index (χ2n) is 4.74. The van der Waals surface area contributed by atoms with Crippen LogP contribution in [0.4, 0.5) is 0 Å². The van der Waals surface area contributed by atoms with E-state index in [9.17, 15) is 0 Å². The van der Waals surface area contributed by atoms with E-state index in [0.717, 1.165) is 6.54 Å². The van der Waals surface area contributed by atoms with Gasteiger partial charge in [-0.15, -0.1) is 11.3 Å². The third-order valence-corrected chi connectivity index (χ3v) is 4.59. The van der Waals surface area contributed by atoms with E-state index in [2.05, 4.69) is 63.3 Å². The number of thiophene rings is 1. The number of benzene rings is 1. The molecule has 1 atom stereocenters. The Morgan fingerprint density at radius 2 is 1.83 bits per heavy atom. The first-order chi connectivity index (χ1) is 8.63. The van der Waals surface area contributed by atoms with E-state index >= 15 is 0 Å². The van der Waals surface area contributed by atoms with Crippen LogP contribution < -0.4 is 5.32 Å². The molecule has 1 N–H and O–H groups in total. The van der Waals surface area contributed by atoms with Gasteiger partial charge in [0.1, 0.15) is 0 Å². The molecule has 2 heteroatoms. The Morgan fingerprint density at radius 3 is 2.39 bits per heavy atom. The van der Waals surface area contributed by atoms with Crippen molar-refractivity contribution in [2.45, 2.75) is 33.7 Å². The maximum absolute atomic E-state index is 3.61. The molecule has 0 saturated heterocycles. The van der Waals surface area contributed by atoms with Crippen molar-refractivity contribution >= 4 is 11.3 Å². The molecule has 18 heavy (non-hydrogen) atoms. The summed E-state index contributed by atoms with van der Waals surface area (Å²) in [5.41, 5.74) is 4.14. The summed E-state index contributed by atoms with van der Waals surface area (Å²) in [5.74, 6) is 0. The molecule has 0 amide bonds. The van der Waals surface area contributed by atoms with Crippen molar-refractivity contribution in [2.75, 3.05) is 6.54 Å². The van der Waals surface area contributed by atoms with Crippen LogP contribution in [0.1, 0.15) is 39.4 Å². The highest BCUT2D eigenvalue weighted by Crippen LogP contribution is 2.32. The van der Waals surface area contributed by atoms with Gasteiger partial charge in [-0.05, 0) is 50.1 Å². The molecule has 1 aromatic carbocycles. The maximum Gasteiger partial charge on any atom is 0.0673 e. The van der Waals surface area contributed by atoms with E-state index in [0.29, 0.717) is 6.04 Å². The average molecular weight is 259 g/mol. The van der Waals surface area contributed by atoms with Crippen LogP contribution in [0.3, 0.4) is 0 Å². The number of rotatable bonds is 4. The zero-order valence-electron chi connectivity index (χ0n) is 11.6. The lowest BCUT2D eigenvalue weighted by Crippen LogP contribution is -2.21. The van der Waals surface area contributed by atoms with Crippen LogP contribution in [-0.2, 0) is 0 Å². The van der Waals surface area contributed by atoms with Crippen LogP contribution in [0.5, 0.6) is 0 Å². The van der Waals surface area contributed by atoms with Crippen LogP contribution in [0.25, 0.3) is 0 Å².